The molecular formula is C15H15NO4S. The Kier molecular flexibility index (Phi) is 4.94. The van der Waals surface area contributed by atoms with E-state index in [9.17, 15) is 9.59 Å². The Morgan fingerprint density at radius 1 is 1.29 bits per heavy atom. The van der Waals surface area contributed by atoms with Gasteiger partial charge < -0.3 is 14.8 Å². The highest BCUT2D eigenvalue weighted by Gasteiger charge is 2.10. The van der Waals surface area contributed by atoms with Crippen LogP contribution in [0.3, 0.4) is 0 Å². The van der Waals surface area contributed by atoms with Gasteiger partial charge >= 0.3 is 5.97 Å². The van der Waals surface area contributed by atoms with E-state index in [1.54, 1.807) is 24.3 Å². The molecule has 6 heteroatoms. The Labute approximate surface area is 126 Å². The second-order valence-corrected chi connectivity index (χ2v) is 5.06. The number of amides is 1. The molecule has 1 heterocycles. The first kappa shape index (κ1) is 15.1. The summed E-state index contributed by atoms with van der Waals surface area (Å²) in [5.74, 6) is -0.141. The third-order valence-electron chi connectivity index (χ3n) is 2.78. The van der Waals surface area contributed by atoms with Gasteiger partial charge in [-0.1, -0.05) is 6.07 Å². The number of hydrogen-bond acceptors (Lipinski definition) is 5. The zero-order valence-corrected chi connectivity index (χ0v) is 12.5. The molecule has 2 aromatic rings. The van der Waals surface area contributed by atoms with Crippen LogP contribution in [0.2, 0.25) is 0 Å². The van der Waals surface area contributed by atoms with E-state index in [0.717, 1.165) is 5.56 Å². The average Bonchev–Trinajstić information content (AvgIpc) is 2.91. The van der Waals surface area contributed by atoms with Crippen LogP contribution in [0.15, 0.2) is 35.0 Å². The molecule has 2 rings (SSSR count). The van der Waals surface area contributed by atoms with Crippen molar-refractivity contribution >= 4 is 28.9 Å². The molecule has 0 aliphatic rings. The Hall–Kier alpha value is -2.34. The van der Waals surface area contributed by atoms with Gasteiger partial charge in [-0.25, -0.2) is 4.79 Å². The van der Waals surface area contributed by atoms with Crippen molar-refractivity contribution in [1.82, 2.24) is 0 Å². The first-order valence-electron chi connectivity index (χ1n) is 6.24. The highest BCUT2D eigenvalue weighted by molar-refractivity contribution is 7.08. The zero-order chi connectivity index (χ0) is 15.2. The van der Waals surface area contributed by atoms with Crippen molar-refractivity contribution in [2.75, 3.05) is 19.0 Å². The fourth-order valence-corrected chi connectivity index (χ4v) is 2.48. The maximum atomic E-state index is 12.1. The lowest BCUT2D eigenvalue weighted by Crippen LogP contribution is -2.14. The van der Waals surface area contributed by atoms with E-state index < -0.39 is 5.97 Å². The minimum Gasteiger partial charge on any atom is -0.482 e. The van der Waals surface area contributed by atoms with Gasteiger partial charge in [-0.3, -0.25) is 4.79 Å². The number of nitrogens with one attached hydrogen (secondary N) is 1. The highest BCUT2D eigenvalue weighted by atomic mass is 32.1. The normalized spacial score (nSPS) is 10.0. The molecule has 0 aliphatic carbocycles. The fourth-order valence-electron chi connectivity index (χ4n) is 1.66. The van der Waals surface area contributed by atoms with Crippen molar-refractivity contribution in [1.29, 1.82) is 0 Å². The van der Waals surface area contributed by atoms with Gasteiger partial charge in [0, 0.05) is 17.1 Å². The quantitative estimate of drug-likeness (QED) is 0.863. The van der Waals surface area contributed by atoms with E-state index >= 15 is 0 Å². The van der Waals surface area contributed by atoms with E-state index in [2.05, 4.69) is 10.1 Å². The third kappa shape index (κ3) is 4.06. The smallest absolute Gasteiger partial charge is 0.343 e. The molecule has 110 valence electrons. The Bertz CT molecular complexity index is 651. The number of hydrogen-bond donors (Lipinski definition) is 1. The maximum absolute atomic E-state index is 12.1. The molecule has 1 N–H and O–H groups in total. The summed E-state index contributed by atoms with van der Waals surface area (Å²) >= 11 is 1.49. The van der Waals surface area contributed by atoms with Crippen molar-refractivity contribution in [2.24, 2.45) is 0 Å². The molecule has 0 unspecified atom stereocenters. The molecule has 0 saturated heterocycles. The summed E-state index contributed by atoms with van der Waals surface area (Å²) in [5, 5.41) is 6.53. The monoisotopic (exact) mass is 305 g/mol. The minimum atomic E-state index is -0.460. The van der Waals surface area contributed by atoms with Crippen LogP contribution < -0.4 is 10.1 Å². The Balaban J connectivity index is 2.02. The summed E-state index contributed by atoms with van der Waals surface area (Å²) in [6.45, 7) is 1.72. The van der Waals surface area contributed by atoms with Crippen LogP contribution in [0, 0.1) is 6.92 Å². The van der Waals surface area contributed by atoms with Crippen LogP contribution in [-0.4, -0.2) is 25.6 Å². The number of rotatable bonds is 5. The number of aryl methyl sites for hydroxylation is 1. The van der Waals surface area contributed by atoms with Gasteiger partial charge in [-0.05, 0) is 30.0 Å². The number of thiophene rings is 1. The predicted octanol–water partition coefficient (Wildman–Crippen LogP) is 2.86. The number of benzene rings is 1. The topological polar surface area (TPSA) is 64.6 Å². The molecule has 5 nitrogen and oxygen atoms in total. The van der Waals surface area contributed by atoms with Crippen molar-refractivity contribution in [2.45, 2.75) is 6.92 Å². The summed E-state index contributed by atoms with van der Waals surface area (Å²) < 4.78 is 9.77. The largest absolute Gasteiger partial charge is 0.482 e. The van der Waals surface area contributed by atoms with Crippen molar-refractivity contribution in [3.63, 3.8) is 0 Å². The lowest BCUT2D eigenvalue weighted by Gasteiger charge is -2.08. The summed E-state index contributed by atoms with van der Waals surface area (Å²) in [7, 11) is 1.30. The van der Waals surface area contributed by atoms with E-state index in [-0.39, 0.29) is 12.5 Å². The van der Waals surface area contributed by atoms with Gasteiger partial charge in [0.2, 0.25) is 0 Å². The molecule has 1 amide bonds. The lowest BCUT2D eigenvalue weighted by atomic mass is 10.2. The van der Waals surface area contributed by atoms with Crippen LogP contribution in [0.25, 0.3) is 0 Å². The molecule has 0 aliphatic heterocycles. The summed E-state index contributed by atoms with van der Waals surface area (Å²) in [5.41, 5.74) is 2.20. The SMILES string of the molecule is COC(=O)COc1cccc(NC(=O)c2cscc2C)c1. The molecule has 21 heavy (non-hydrogen) atoms. The molecule has 0 bridgehead atoms. The zero-order valence-electron chi connectivity index (χ0n) is 11.7. The first-order valence-corrected chi connectivity index (χ1v) is 7.18. The average molecular weight is 305 g/mol. The van der Waals surface area contributed by atoms with E-state index in [0.29, 0.717) is 17.0 Å². The fraction of sp³-hybridized carbons (Fsp3) is 0.200. The van der Waals surface area contributed by atoms with Crippen LogP contribution >= 0.6 is 11.3 Å². The molecule has 0 fully saturated rings. The van der Waals surface area contributed by atoms with Crippen LogP contribution in [0.5, 0.6) is 5.75 Å². The number of carbonyl (C=O) groups is 2. The summed E-state index contributed by atoms with van der Waals surface area (Å²) in [6.07, 6.45) is 0. The number of methoxy groups -OCH3 is 1. The van der Waals surface area contributed by atoms with Crippen LogP contribution in [-0.2, 0) is 9.53 Å². The second kappa shape index (κ2) is 6.90. The molecular weight excluding hydrogens is 290 g/mol. The summed E-state index contributed by atoms with van der Waals surface area (Å²) in [4.78, 5) is 23.1. The molecule has 0 radical (unpaired) electrons. The van der Waals surface area contributed by atoms with Gasteiger partial charge in [0.25, 0.3) is 5.91 Å². The number of ether oxygens (including phenoxy) is 2. The highest BCUT2D eigenvalue weighted by Crippen LogP contribution is 2.20. The van der Waals surface area contributed by atoms with Gasteiger partial charge in [-0.2, -0.15) is 11.3 Å². The van der Waals surface area contributed by atoms with Crippen LogP contribution in [0.1, 0.15) is 15.9 Å². The van der Waals surface area contributed by atoms with Crippen molar-refractivity contribution in [3.8, 4) is 5.75 Å². The van der Waals surface area contributed by atoms with E-state index in [4.69, 9.17) is 4.74 Å². The summed E-state index contributed by atoms with van der Waals surface area (Å²) in [6, 6.07) is 6.85. The lowest BCUT2D eigenvalue weighted by molar-refractivity contribution is -0.142. The van der Waals surface area contributed by atoms with Gasteiger partial charge in [0.05, 0.1) is 12.7 Å². The van der Waals surface area contributed by atoms with Crippen molar-refractivity contribution in [3.05, 3.63) is 46.2 Å². The molecule has 1 aromatic carbocycles. The van der Waals surface area contributed by atoms with E-state index in [1.807, 2.05) is 17.7 Å². The Morgan fingerprint density at radius 2 is 2.10 bits per heavy atom. The molecule has 0 spiro atoms. The van der Waals surface area contributed by atoms with E-state index in [1.165, 1.54) is 18.4 Å². The molecule has 0 atom stereocenters. The molecule has 0 saturated carbocycles. The van der Waals surface area contributed by atoms with Crippen molar-refractivity contribution < 1.29 is 19.1 Å². The third-order valence-corrected chi connectivity index (χ3v) is 3.64. The second-order valence-electron chi connectivity index (χ2n) is 4.32. The van der Waals surface area contributed by atoms with Crippen LogP contribution in [0.4, 0.5) is 5.69 Å². The van der Waals surface area contributed by atoms with Gasteiger partial charge in [-0.15, -0.1) is 0 Å². The first-order chi connectivity index (χ1) is 10.1. The standard InChI is InChI=1S/C15H15NO4S/c1-10-8-21-9-13(10)15(18)16-11-4-3-5-12(6-11)20-7-14(17)19-2/h3-6,8-9H,7H2,1-2H3,(H,16,18). The van der Waals surface area contributed by atoms with Gasteiger partial charge in [0.1, 0.15) is 5.75 Å². The predicted molar refractivity (Wildman–Crippen MR) is 81.0 cm³/mol. The number of anilines is 1. The molecule has 1 aromatic heterocycles. The van der Waals surface area contributed by atoms with Gasteiger partial charge in [0.15, 0.2) is 6.61 Å². The maximum Gasteiger partial charge on any atom is 0.343 e. The Morgan fingerprint density at radius 3 is 2.76 bits per heavy atom. The number of carbonyl (C=O) groups excluding carboxylic acids is 2. The number of esters is 1. The minimum absolute atomic E-state index is 0.168.